The lowest BCUT2D eigenvalue weighted by molar-refractivity contribution is 0.203. The van der Waals surface area contributed by atoms with Crippen LogP contribution in [0.5, 0.6) is 0 Å². The molecule has 138 valence electrons. The number of amidine groups is 1. The summed E-state index contributed by atoms with van der Waals surface area (Å²) >= 11 is 12.5. The van der Waals surface area contributed by atoms with Crippen LogP contribution in [0.2, 0.25) is 10.2 Å². The van der Waals surface area contributed by atoms with Gasteiger partial charge in [-0.2, -0.15) is 4.98 Å². The molecule has 1 amide bonds. The molecule has 27 heavy (non-hydrogen) atoms. The topological polar surface area (TPSA) is 94.8 Å². The van der Waals surface area contributed by atoms with Crippen molar-refractivity contribution in [1.82, 2.24) is 15.0 Å². The Bertz CT molecular complexity index is 1010. The summed E-state index contributed by atoms with van der Waals surface area (Å²) in [4.78, 5) is 31.4. The monoisotopic (exact) mass is 404 g/mol. The van der Waals surface area contributed by atoms with Gasteiger partial charge in [-0.25, -0.2) is 19.7 Å². The Morgan fingerprint density at radius 2 is 2.15 bits per heavy atom. The van der Waals surface area contributed by atoms with Gasteiger partial charge in [-0.1, -0.05) is 23.2 Å². The van der Waals surface area contributed by atoms with Crippen LogP contribution in [0.3, 0.4) is 0 Å². The molecule has 4 rings (SSSR count). The minimum atomic E-state index is -1.13. The molecule has 0 saturated carbocycles. The standard InChI is InChI=1S/C17H14Cl2N6O2/c1-24(17(26)27)16-22-8-9-7-11(10-3-5-20-13(19)12(10)18)15-21-4-2-6-25(15)14(9)23-16/h3,5,7-8H,2,4,6H2,1H3,(H,26,27). The quantitative estimate of drug-likeness (QED) is 0.769. The number of carbonyl (C=O) groups is 1. The van der Waals surface area contributed by atoms with E-state index in [-0.39, 0.29) is 11.1 Å². The van der Waals surface area contributed by atoms with Gasteiger partial charge >= 0.3 is 6.09 Å². The van der Waals surface area contributed by atoms with Gasteiger partial charge in [-0.3, -0.25) is 4.99 Å². The molecule has 2 aliphatic heterocycles. The van der Waals surface area contributed by atoms with Gasteiger partial charge < -0.3 is 10.0 Å². The summed E-state index contributed by atoms with van der Waals surface area (Å²) in [6.07, 6.45) is 4.80. The highest BCUT2D eigenvalue weighted by Crippen LogP contribution is 2.38. The first-order valence-electron chi connectivity index (χ1n) is 8.15. The van der Waals surface area contributed by atoms with Crippen LogP contribution in [0.25, 0.3) is 11.6 Å². The predicted octanol–water partition coefficient (Wildman–Crippen LogP) is 3.46. The molecule has 0 unspecified atom stereocenters. The number of hydrogen-bond donors (Lipinski definition) is 1. The molecule has 0 atom stereocenters. The lowest BCUT2D eigenvalue weighted by Crippen LogP contribution is -2.40. The van der Waals surface area contributed by atoms with Gasteiger partial charge in [0, 0.05) is 49.2 Å². The number of anilines is 2. The molecule has 0 radical (unpaired) electrons. The minimum Gasteiger partial charge on any atom is -0.465 e. The highest BCUT2D eigenvalue weighted by Gasteiger charge is 2.31. The van der Waals surface area contributed by atoms with Crippen LogP contribution in [-0.2, 0) is 0 Å². The second kappa shape index (κ2) is 6.79. The first kappa shape index (κ1) is 17.7. The third kappa shape index (κ3) is 3.00. The van der Waals surface area contributed by atoms with Crippen molar-refractivity contribution < 1.29 is 9.90 Å². The van der Waals surface area contributed by atoms with Gasteiger partial charge in [0.2, 0.25) is 5.95 Å². The van der Waals surface area contributed by atoms with Crippen LogP contribution in [0, 0.1) is 0 Å². The Morgan fingerprint density at radius 3 is 2.93 bits per heavy atom. The lowest BCUT2D eigenvalue weighted by Gasteiger charge is -2.34. The van der Waals surface area contributed by atoms with E-state index in [2.05, 4.69) is 19.9 Å². The zero-order valence-electron chi connectivity index (χ0n) is 14.2. The Morgan fingerprint density at radius 1 is 1.33 bits per heavy atom. The lowest BCUT2D eigenvalue weighted by atomic mass is 9.98. The smallest absolute Gasteiger partial charge is 0.413 e. The summed E-state index contributed by atoms with van der Waals surface area (Å²) in [6.45, 7) is 1.38. The summed E-state index contributed by atoms with van der Waals surface area (Å²) in [5.41, 5.74) is 2.27. The van der Waals surface area contributed by atoms with Gasteiger partial charge in [-0.05, 0) is 18.6 Å². The first-order valence-corrected chi connectivity index (χ1v) is 8.91. The molecular weight excluding hydrogens is 391 g/mol. The molecule has 2 aliphatic rings. The van der Waals surface area contributed by atoms with Gasteiger partial charge in [0.25, 0.3) is 0 Å². The zero-order chi connectivity index (χ0) is 19.1. The largest absolute Gasteiger partial charge is 0.465 e. The van der Waals surface area contributed by atoms with E-state index in [0.717, 1.165) is 33.9 Å². The number of amides is 1. The number of nitrogens with zero attached hydrogens (tertiary/aromatic N) is 6. The molecule has 0 saturated heterocycles. The van der Waals surface area contributed by atoms with Crippen LogP contribution in [0.1, 0.15) is 17.5 Å². The van der Waals surface area contributed by atoms with Crippen molar-refractivity contribution in [2.75, 3.05) is 29.9 Å². The third-order valence-corrected chi connectivity index (χ3v) is 5.13. The van der Waals surface area contributed by atoms with Crippen molar-refractivity contribution >= 4 is 58.5 Å². The van der Waals surface area contributed by atoms with E-state index in [4.69, 9.17) is 23.2 Å². The normalized spacial score (nSPS) is 15.4. The van der Waals surface area contributed by atoms with Crippen molar-refractivity contribution in [2.45, 2.75) is 6.42 Å². The minimum absolute atomic E-state index is 0.105. The van der Waals surface area contributed by atoms with E-state index in [9.17, 15) is 9.90 Å². The van der Waals surface area contributed by atoms with Gasteiger partial charge in [0.15, 0.2) is 0 Å². The number of halogens is 2. The van der Waals surface area contributed by atoms with Crippen LogP contribution >= 0.6 is 23.2 Å². The fourth-order valence-corrected chi connectivity index (χ4v) is 3.40. The Balaban J connectivity index is 1.89. The number of aliphatic imine (C=N–C) groups is 1. The Hall–Kier alpha value is -2.71. The fraction of sp³-hybridized carbons (Fsp3) is 0.235. The van der Waals surface area contributed by atoms with Crippen LogP contribution in [-0.4, -0.2) is 52.1 Å². The molecular formula is C17H14Cl2N6O2. The van der Waals surface area contributed by atoms with Crippen molar-refractivity contribution in [2.24, 2.45) is 4.99 Å². The summed E-state index contributed by atoms with van der Waals surface area (Å²) in [6, 6.07) is 1.79. The molecule has 1 N–H and O–H groups in total. The number of carboxylic acid groups (broad SMARTS) is 1. The fourth-order valence-electron chi connectivity index (χ4n) is 3.02. The molecule has 2 aromatic heterocycles. The maximum Gasteiger partial charge on any atom is 0.413 e. The predicted molar refractivity (Wildman–Crippen MR) is 105 cm³/mol. The maximum absolute atomic E-state index is 11.2. The average molecular weight is 405 g/mol. The van der Waals surface area contributed by atoms with E-state index in [1.807, 2.05) is 11.0 Å². The molecule has 0 spiro atoms. The van der Waals surface area contributed by atoms with Gasteiger partial charge in [0.05, 0.1) is 5.02 Å². The average Bonchev–Trinajstić information content (AvgIpc) is 2.68. The van der Waals surface area contributed by atoms with Crippen molar-refractivity contribution in [1.29, 1.82) is 0 Å². The summed E-state index contributed by atoms with van der Waals surface area (Å²) in [7, 11) is 1.40. The van der Waals surface area contributed by atoms with Crippen LogP contribution < -0.4 is 9.80 Å². The molecule has 0 bridgehead atoms. The molecule has 0 fully saturated rings. The Kier molecular flexibility index (Phi) is 4.45. The third-order valence-electron chi connectivity index (χ3n) is 4.36. The number of pyridine rings is 1. The van der Waals surface area contributed by atoms with Crippen LogP contribution in [0.15, 0.2) is 23.5 Å². The van der Waals surface area contributed by atoms with Gasteiger partial charge in [0.1, 0.15) is 16.8 Å². The Labute approximate surface area is 164 Å². The highest BCUT2D eigenvalue weighted by molar-refractivity contribution is 6.45. The number of aromatic nitrogens is 3. The van der Waals surface area contributed by atoms with Gasteiger partial charge in [-0.15, -0.1) is 0 Å². The zero-order valence-corrected chi connectivity index (χ0v) is 15.7. The van der Waals surface area contributed by atoms with Crippen molar-refractivity contribution in [3.8, 4) is 0 Å². The van der Waals surface area contributed by atoms with Crippen molar-refractivity contribution in [3.63, 3.8) is 0 Å². The number of hydrogen-bond acceptors (Lipinski definition) is 6. The number of fused-ring (bicyclic) bond motifs is 3. The molecule has 4 heterocycles. The molecule has 2 aromatic rings. The van der Waals surface area contributed by atoms with Crippen LogP contribution in [0.4, 0.5) is 16.6 Å². The summed E-state index contributed by atoms with van der Waals surface area (Å²) in [5.74, 6) is 1.44. The van der Waals surface area contributed by atoms with E-state index in [0.29, 0.717) is 23.9 Å². The molecule has 0 aromatic carbocycles. The van der Waals surface area contributed by atoms with Crippen molar-refractivity contribution in [3.05, 3.63) is 39.8 Å². The van der Waals surface area contributed by atoms with E-state index in [1.54, 1.807) is 18.5 Å². The molecule has 0 aliphatic carbocycles. The molecule has 10 heteroatoms. The summed E-state index contributed by atoms with van der Waals surface area (Å²) < 4.78 is 0. The SMILES string of the molecule is CN(C(=O)O)c1ncc2c(n1)N1CCCN=C1C(c1ccnc(Cl)c1Cl)=C2. The highest BCUT2D eigenvalue weighted by atomic mass is 35.5. The van der Waals surface area contributed by atoms with E-state index in [1.165, 1.54) is 7.05 Å². The first-order chi connectivity index (χ1) is 13.0. The second-order valence-corrected chi connectivity index (χ2v) is 6.76. The number of rotatable bonds is 2. The molecule has 8 nitrogen and oxygen atoms in total. The summed E-state index contributed by atoms with van der Waals surface area (Å²) in [5, 5.41) is 9.76. The van der Waals surface area contributed by atoms with E-state index < -0.39 is 6.09 Å². The van der Waals surface area contributed by atoms with E-state index >= 15 is 0 Å². The second-order valence-electron chi connectivity index (χ2n) is 6.02. The maximum atomic E-state index is 11.2.